The van der Waals surface area contributed by atoms with Crippen LogP contribution in [0.25, 0.3) is 10.9 Å². The second kappa shape index (κ2) is 10.8. The van der Waals surface area contributed by atoms with E-state index in [0.29, 0.717) is 30.5 Å². The number of aromatic nitrogens is 1. The Labute approximate surface area is 218 Å². The Hall–Kier alpha value is -3.22. The second-order valence-electron chi connectivity index (χ2n) is 8.69. The van der Waals surface area contributed by atoms with E-state index < -0.39 is 18.0 Å². The summed E-state index contributed by atoms with van der Waals surface area (Å²) in [5, 5.41) is 1.71. The SMILES string of the molecule is O=C(Oc1ccc(F)cc1)N1CCc2c([nH]c3ccc(Cl)cc23)C1c1ccc(OCCCCCl)cc1. The number of amides is 1. The molecule has 0 fully saturated rings. The molecule has 0 radical (unpaired) electrons. The van der Waals surface area contributed by atoms with Crippen molar-refractivity contribution < 1.29 is 18.7 Å². The molecule has 0 spiro atoms. The van der Waals surface area contributed by atoms with E-state index in [1.54, 1.807) is 4.90 Å². The first-order valence-electron chi connectivity index (χ1n) is 11.9. The number of ether oxygens (including phenoxy) is 2. The van der Waals surface area contributed by atoms with Gasteiger partial charge in [-0.05, 0) is 85.0 Å². The Morgan fingerprint density at radius 1 is 1.03 bits per heavy atom. The van der Waals surface area contributed by atoms with Crippen molar-refractivity contribution in [3.05, 3.63) is 94.4 Å². The third-order valence-corrected chi connectivity index (χ3v) is 6.84. The molecule has 0 saturated heterocycles. The molecule has 5 nitrogen and oxygen atoms in total. The molecule has 4 aromatic rings. The molecule has 36 heavy (non-hydrogen) atoms. The number of aromatic amines is 1. The van der Waals surface area contributed by atoms with E-state index in [9.17, 15) is 9.18 Å². The summed E-state index contributed by atoms with van der Waals surface area (Å²) in [5.74, 6) is 1.27. The molecule has 0 aliphatic carbocycles. The lowest BCUT2D eigenvalue weighted by molar-refractivity contribution is 0.135. The minimum atomic E-state index is -0.504. The Kier molecular flexibility index (Phi) is 7.35. The van der Waals surface area contributed by atoms with E-state index in [2.05, 4.69) is 4.98 Å². The Balaban J connectivity index is 1.47. The molecule has 1 aromatic heterocycles. The third-order valence-electron chi connectivity index (χ3n) is 6.33. The number of hydrogen-bond acceptors (Lipinski definition) is 3. The summed E-state index contributed by atoms with van der Waals surface area (Å²) in [4.78, 5) is 18.5. The lowest BCUT2D eigenvalue weighted by atomic mass is 9.92. The summed E-state index contributed by atoms with van der Waals surface area (Å²) >= 11 is 12.0. The maximum Gasteiger partial charge on any atom is 0.416 e. The van der Waals surface area contributed by atoms with Gasteiger partial charge >= 0.3 is 6.09 Å². The zero-order valence-corrected chi connectivity index (χ0v) is 21.0. The van der Waals surface area contributed by atoms with Gasteiger partial charge in [-0.1, -0.05) is 23.7 Å². The molecule has 2 heterocycles. The van der Waals surface area contributed by atoms with E-state index in [0.717, 1.165) is 46.3 Å². The minimum absolute atomic E-state index is 0.287. The third kappa shape index (κ3) is 5.15. The molecule has 3 aromatic carbocycles. The largest absolute Gasteiger partial charge is 0.494 e. The van der Waals surface area contributed by atoms with Gasteiger partial charge < -0.3 is 14.5 Å². The highest BCUT2D eigenvalue weighted by molar-refractivity contribution is 6.31. The van der Waals surface area contributed by atoms with Crippen molar-refractivity contribution in [3.8, 4) is 11.5 Å². The van der Waals surface area contributed by atoms with Crippen LogP contribution < -0.4 is 9.47 Å². The molecule has 1 atom stereocenters. The van der Waals surface area contributed by atoms with Crippen molar-refractivity contribution in [3.63, 3.8) is 0 Å². The number of nitrogens with zero attached hydrogens (tertiary/aromatic N) is 1. The van der Waals surface area contributed by atoms with Crippen molar-refractivity contribution in [1.29, 1.82) is 0 Å². The summed E-state index contributed by atoms with van der Waals surface area (Å²) in [7, 11) is 0. The Morgan fingerprint density at radius 3 is 2.53 bits per heavy atom. The topological polar surface area (TPSA) is 54.6 Å². The molecule has 0 saturated carbocycles. The van der Waals surface area contributed by atoms with E-state index >= 15 is 0 Å². The van der Waals surface area contributed by atoms with Crippen molar-refractivity contribution in [1.82, 2.24) is 9.88 Å². The van der Waals surface area contributed by atoms with Gasteiger partial charge in [0.05, 0.1) is 6.61 Å². The number of nitrogens with one attached hydrogen (secondary N) is 1. The first-order valence-corrected chi connectivity index (χ1v) is 12.8. The van der Waals surface area contributed by atoms with Gasteiger partial charge in [-0.3, -0.25) is 4.90 Å². The Bertz CT molecular complexity index is 1360. The van der Waals surface area contributed by atoms with Crippen LogP contribution in [0, 0.1) is 5.82 Å². The van der Waals surface area contributed by atoms with Gasteiger partial charge in [-0.2, -0.15) is 0 Å². The van der Waals surface area contributed by atoms with E-state index in [1.807, 2.05) is 42.5 Å². The summed E-state index contributed by atoms with van der Waals surface area (Å²) in [6.45, 7) is 1.05. The van der Waals surface area contributed by atoms with Crippen LogP contribution in [0.4, 0.5) is 9.18 Å². The van der Waals surface area contributed by atoms with Gasteiger partial charge in [0.15, 0.2) is 0 Å². The summed E-state index contributed by atoms with van der Waals surface area (Å²) in [5.41, 5.74) is 3.93. The number of unbranched alkanes of at least 4 members (excludes halogenated alkanes) is 1. The maximum atomic E-state index is 13.3. The van der Waals surface area contributed by atoms with Crippen LogP contribution in [0.15, 0.2) is 66.7 Å². The fraction of sp³-hybridized carbons (Fsp3) is 0.250. The van der Waals surface area contributed by atoms with Crippen molar-refractivity contribution in [2.75, 3.05) is 19.0 Å². The number of benzene rings is 3. The number of carbonyl (C=O) groups is 1. The fourth-order valence-electron chi connectivity index (χ4n) is 4.60. The van der Waals surface area contributed by atoms with Crippen molar-refractivity contribution in [2.24, 2.45) is 0 Å². The molecule has 5 rings (SSSR count). The van der Waals surface area contributed by atoms with E-state index in [4.69, 9.17) is 32.7 Å². The average Bonchev–Trinajstić information content (AvgIpc) is 3.25. The summed E-state index contributed by atoms with van der Waals surface area (Å²) < 4.78 is 24.8. The molecule has 1 aliphatic heterocycles. The van der Waals surface area contributed by atoms with Crippen LogP contribution in [0.1, 0.15) is 35.7 Å². The van der Waals surface area contributed by atoms with Gasteiger partial charge in [0.1, 0.15) is 23.4 Å². The lowest BCUT2D eigenvalue weighted by Crippen LogP contribution is -2.42. The van der Waals surface area contributed by atoms with E-state index in [1.165, 1.54) is 24.3 Å². The van der Waals surface area contributed by atoms with Gasteiger partial charge in [0.25, 0.3) is 0 Å². The fourth-order valence-corrected chi connectivity index (χ4v) is 4.96. The first kappa shape index (κ1) is 24.5. The predicted octanol–water partition coefficient (Wildman–Crippen LogP) is 7.50. The molecular weight excluding hydrogens is 502 g/mol. The first-order chi connectivity index (χ1) is 17.5. The number of halogens is 3. The number of carbonyl (C=O) groups excluding carboxylic acids is 1. The molecule has 0 bridgehead atoms. The van der Waals surface area contributed by atoms with Gasteiger partial charge in [0.2, 0.25) is 0 Å². The molecular formula is C28H25Cl2FN2O3. The number of alkyl halides is 1. The number of H-pyrrole nitrogens is 1. The highest BCUT2D eigenvalue weighted by Gasteiger charge is 2.35. The van der Waals surface area contributed by atoms with Crippen LogP contribution in [-0.4, -0.2) is 35.0 Å². The molecule has 8 heteroatoms. The second-order valence-corrected chi connectivity index (χ2v) is 9.50. The number of fused-ring (bicyclic) bond motifs is 3. The average molecular weight is 527 g/mol. The molecule has 186 valence electrons. The molecule has 1 aliphatic rings. The van der Waals surface area contributed by atoms with Crippen LogP contribution in [0.3, 0.4) is 0 Å². The highest BCUT2D eigenvalue weighted by Crippen LogP contribution is 2.40. The van der Waals surface area contributed by atoms with Gasteiger partial charge in [-0.25, -0.2) is 9.18 Å². The number of hydrogen-bond donors (Lipinski definition) is 1. The van der Waals surface area contributed by atoms with Crippen molar-refractivity contribution >= 4 is 40.2 Å². The summed E-state index contributed by atoms with van der Waals surface area (Å²) in [6, 6.07) is 18.5. The molecule has 1 N–H and O–H groups in total. The predicted molar refractivity (Wildman–Crippen MR) is 140 cm³/mol. The quantitative estimate of drug-likeness (QED) is 0.200. The standard InChI is InChI=1S/C28H25Cl2FN2O3/c29-14-1-2-16-35-21-8-3-18(4-9-21)27-26-23(24-17-19(30)5-12-25(24)32-26)13-15-33(27)28(34)36-22-10-6-20(31)7-11-22/h3-12,17,27,32H,1-2,13-16H2. The van der Waals surface area contributed by atoms with Crippen LogP contribution in [0.2, 0.25) is 5.02 Å². The smallest absolute Gasteiger partial charge is 0.416 e. The molecule has 1 unspecified atom stereocenters. The monoisotopic (exact) mass is 526 g/mol. The maximum absolute atomic E-state index is 13.3. The highest BCUT2D eigenvalue weighted by atomic mass is 35.5. The zero-order valence-electron chi connectivity index (χ0n) is 19.5. The van der Waals surface area contributed by atoms with Gasteiger partial charge in [-0.15, -0.1) is 11.6 Å². The van der Waals surface area contributed by atoms with E-state index in [-0.39, 0.29) is 5.75 Å². The minimum Gasteiger partial charge on any atom is -0.494 e. The normalized spacial score (nSPS) is 15.1. The van der Waals surface area contributed by atoms with Gasteiger partial charge in [0, 0.05) is 34.0 Å². The van der Waals surface area contributed by atoms with Crippen LogP contribution in [0.5, 0.6) is 11.5 Å². The zero-order chi connectivity index (χ0) is 25.1. The summed E-state index contributed by atoms with van der Waals surface area (Å²) in [6.07, 6.45) is 1.93. The van der Waals surface area contributed by atoms with Crippen LogP contribution in [-0.2, 0) is 6.42 Å². The number of rotatable bonds is 7. The molecule has 1 amide bonds. The van der Waals surface area contributed by atoms with Crippen LogP contribution >= 0.6 is 23.2 Å². The lowest BCUT2D eigenvalue weighted by Gasteiger charge is -2.35. The van der Waals surface area contributed by atoms with Crippen molar-refractivity contribution in [2.45, 2.75) is 25.3 Å². The Morgan fingerprint density at radius 2 is 1.78 bits per heavy atom.